The van der Waals surface area contributed by atoms with Crippen molar-refractivity contribution in [3.8, 4) is 5.75 Å². The molecule has 2 amide bonds. The van der Waals surface area contributed by atoms with Gasteiger partial charge in [-0.05, 0) is 75.2 Å². The van der Waals surface area contributed by atoms with Gasteiger partial charge in [-0.3, -0.25) is 14.5 Å². The van der Waals surface area contributed by atoms with Gasteiger partial charge in [0.2, 0.25) is 5.91 Å². The molecular formula is C24H31N3O3S. The van der Waals surface area contributed by atoms with Crippen LogP contribution in [0.2, 0.25) is 0 Å². The highest BCUT2D eigenvalue weighted by atomic mass is 32.1. The highest BCUT2D eigenvalue weighted by Gasteiger charge is 2.27. The van der Waals surface area contributed by atoms with Gasteiger partial charge in [-0.2, -0.15) is 0 Å². The number of hydrogen-bond donors (Lipinski definition) is 2. The second-order valence-corrected chi connectivity index (χ2v) is 9.68. The van der Waals surface area contributed by atoms with Crippen molar-refractivity contribution in [1.82, 2.24) is 4.90 Å². The summed E-state index contributed by atoms with van der Waals surface area (Å²) < 4.78 is 5.38. The minimum absolute atomic E-state index is 0.0421. The van der Waals surface area contributed by atoms with Crippen molar-refractivity contribution in [3.63, 3.8) is 0 Å². The number of benzene rings is 1. The molecule has 1 fully saturated rings. The van der Waals surface area contributed by atoms with Gasteiger partial charge in [0, 0.05) is 4.88 Å². The third kappa shape index (κ3) is 5.10. The third-order valence-corrected chi connectivity index (χ3v) is 7.46. The van der Waals surface area contributed by atoms with Gasteiger partial charge in [-0.25, -0.2) is 0 Å². The summed E-state index contributed by atoms with van der Waals surface area (Å²) in [5, 5.41) is 6.74. The predicted octanol–water partition coefficient (Wildman–Crippen LogP) is 4.56. The van der Waals surface area contributed by atoms with Gasteiger partial charge in [-0.15, -0.1) is 11.3 Å². The Bertz CT molecular complexity index is 948. The largest absolute Gasteiger partial charge is 0.495 e. The van der Waals surface area contributed by atoms with Crippen LogP contribution in [0.4, 0.5) is 10.7 Å². The van der Waals surface area contributed by atoms with E-state index >= 15 is 0 Å². The molecule has 31 heavy (non-hydrogen) atoms. The quantitative estimate of drug-likeness (QED) is 0.690. The molecular weight excluding hydrogens is 410 g/mol. The van der Waals surface area contributed by atoms with Gasteiger partial charge in [0.25, 0.3) is 5.91 Å². The molecule has 0 radical (unpaired) electrons. The molecule has 166 valence electrons. The van der Waals surface area contributed by atoms with Crippen molar-refractivity contribution >= 4 is 33.8 Å². The lowest BCUT2D eigenvalue weighted by atomic mass is 9.95. The average Bonchev–Trinajstić information content (AvgIpc) is 3.13. The van der Waals surface area contributed by atoms with E-state index in [1.54, 1.807) is 18.4 Å². The van der Waals surface area contributed by atoms with Crippen LogP contribution in [0.25, 0.3) is 0 Å². The zero-order valence-corrected chi connectivity index (χ0v) is 19.1. The number of carbonyl (C=O) groups excluding carboxylic acids is 2. The van der Waals surface area contributed by atoms with Crippen LogP contribution in [0.1, 0.15) is 53.4 Å². The van der Waals surface area contributed by atoms with Crippen LogP contribution >= 0.6 is 11.3 Å². The molecule has 0 unspecified atom stereocenters. The lowest BCUT2D eigenvalue weighted by Crippen LogP contribution is -2.38. The molecule has 1 aliphatic carbocycles. The lowest BCUT2D eigenvalue weighted by molar-refractivity contribution is -0.117. The number of amides is 2. The number of nitrogens with one attached hydrogen (secondary N) is 2. The number of methoxy groups -OCH3 is 1. The molecule has 0 spiro atoms. The highest BCUT2D eigenvalue weighted by molar-refractivity contribution is 7.17. The second kappa shape index (κ2) is 9.83. The van der Waals surface area contributed by atoms with Crippen molar-refractivity contribution in [2.45, 2.75) is 45.4 Å². The molecule has 2 aromatic rings. The zero-order chi connectivity index (χ0) is 21.8. The van der Waals surface area contributed by atoms with Crippen LogP contribution in [-0.2, 0) is 17.6 Å². The molecule has 7 heteroatoms. The van der Waals surface area contributed by atoms with Crippen molar-refractivity contribution in [2.75, 3.05) is 37.4 Å². The summed E-state index contributed by atoms with van der Waals surface area (Å²) >= 11 is 1.56. The normalized spacial score (nSPS) is 17.1. The average molecular weight is 442 g/mol. The lowest BCUT2D eigenvalue weighted by Gasteiger charge is -2.29. The van der Waals surface area contributed by atoms with E-state index in [1.807, 2.05) is 24.3 Å². The van der Waals surface area contributed by atoms with Crippen LogP contribution < -0.4 is 15.4 Å². The van der Waals surface area contributed by atoms with E-state index in [-0.39, 0.29) is 11.8 Å². The van der Waals surface area contributed by atoms with Gasteiger partial charge in [0.1, 0.15) is 10.8 Å². The molecule has 0 saturated carbocycles. The summed E-state index contributed by atoms with van der Waals surface area (Å²) in [5.41, 5.74) is 2.34. The van der Waals surface area contributed by atoms with Crippen LogP contribution in [0.15, 0.2) is 24.3 Å². The fraction of sp³-hybridized carbons (Fsp3) is 0.500. The molecule has 0 bridgehead atoms. The number of carbonyl (C=O) groups is 2. The second-order valence-electron chi connectivity index (χ2n) is 8.58. The topological polar surface area (TPSA) is 70.7 Å². The molecule has 1 aliphatic heterocycles. The smallest absolute Gasteiger partial charge is 0.259 e. The highest BCUT2D eigenvalue weighted by Crippen LogP contribution is 2.39. The summed E-state index contributed by atoms with van der Waals surface area (Å²) in [6.45, 7) is 4.55. The Morgan fingerprint density at radius 1 is 1.13 bits per heavy atom. The number of fused-ring (bicyclic) bond motifs is 1. The van der Waals surface area contributed by atoms with E-state index in [0.717, 1.165) is 63.1 Å². The van der Waals surface area contributed by atoms with Crippen LogP contribution in [-0.4, -0.2) is 43.5 Å². The number of anilines is 2. The van der Waals surface area contributed by atoms with E-state index in [1.165, 1.54) is 4.88 Å². The maximum absolute atomic E-state index is 13.3. The summed E-state index contributed by atoms with van der Waals surface area (Å²) in [6, 6.07) is 7.38. The summed E-state index contributed by atoms with van der Waals surface area (Å²) in [4.78, 5) is 29.6. The Morgan fingerprint density at radius 2 is 1.87 bits per heavy atom. The van der Waals surface area contributed by atoms with Crippen molar-refractivity contribution in [3.05, 3.63) is 40.3 Å². The maximum atomic E-state index is 13.3. The molecule has 2 heterocycles. The maximum Gasteiger partial charge on any atom is 0.259 e. The number of piperidine rings is 1. The Kier molecular flexibility index (Phi) is 6.92. The molecule has 0 atom stereocenters. The number of hydrogen-bond acceptors (Lipinski definition) is 5. The zero-order valence-electron chi connectivity index (χ0n) is 18.3. The van der Waals surface area contributed by atoms with E-state index in [4.69, 9.17) is 4.74 Å². The number of aryl methyl sites for hydroxylation is 1. The molecule has 1 aromatic heterocycles. The Balaban J connectivity index is 1.53. The van der Waals surface area contributed by atoms with E-state index in [0.29, 0.717) is 28.5 Å². The minimum atomic E-state index is -0.189. The first-order valence-electron chi connectivity index (χ1n) is 11.2. The molecule has 6 nitrogen and oxygen atoms in total. The first-order valence-corrected chi connectivity index (χ1v) is 12.0. The van der Waals surface area contributed by atoms with Gasteiger partial charge in [0.05, 0.1) is 24.9 Å². The van der Waals surface area contributed by atoms with Crippen molar-refractivity contribution < 1.29 is 14.3 Å². The van der Waals surface area contributed by atoms with Gasteiger partial charge in [-0.1, -0.05) is 19.1 Å². The number of thiophene rings is 1. The number of ether oxygens (including phenoxy) is 1. The predicted molar refractivity (Wildman–Crippen MR) is 125 cm³/mol. The number of nitrogens with zero attached hydrogens (tertiary/aromatic N) is 1. The first kappa shape index (κ1) is 21.8. The number of likely N-dealkylation sites (tertiary alicyclic amines) is 1. The Labute approximate surface area is 188 Å². The van der Waals surface area contributed by atoms with Gasteiger partial charge < -0.3 is 15.4 Å². The molecule has 2 N–H and O–H groups in total. The number of para-hydroxylation sites is 2. The van der Waals surface area contributed by atoms with Crippen molar-refractivity contribution in [1.29, 1.82) is 0 Å². The number of rotatable bonds is 6. The van der Waals surface area contributed by atoms with E-state index < -0.39 is 0 Å². The molecule has 1 aromatic carbocycles. The first-order chi connectivity index (χ1) is 15.0. The summed E-state index contributed by atoms with van der Waals surface area (Å²) in [6.07, 6.45) is 6.30. The monoisotopic (exact) mass is 441 g/mol. The van der Waals surface area contributed by atoms with Crippen LogP contribution in [0, 0.1) is 5.92 Å². The molecule has 1 saturated heterocycles. The molecule has 4 rings (SSSR count). The van der Waals surface area contributed by atoms with Crippen LogP contribution in [0.3, 0.4) is 0 Å². The summed E-state index contributed by atoms with van der Waals surface area (Å²) in [7, 11) is 1.59. The Morgan fingerprint density at radius 3 is 2.65 bits per heavy atom. The summed E-state index contributed by atoms with van der Waals surface area (Å²) in [5.74, 6) is 1.11. The third-order valence-electron chi connectivity index (χ3n) is 6.25. The SMILES string of the molecule is COc1ccccc1NC(=O)c1c(NC(=O)CN2CCC(C)CC2)sc2c1CCCC2. The Hall–Kier alpha value is -2.38. The van der Waals surface area contributed by atoms with E-state index in [2.05, 4.69) is 22.5 Å². The van der Waals surface area contributed by atoms with Crippen molar-refractivity contribution in [2.24, 2.45) is 5.92 Å². The fourth-order valence-electron chi connectivity index (χ4n) is 4.42. The minimum Gasteiger partial charge on any atom is -0.495 e. The van der Waals surface area contributed by atoms with Gasteiger partial charge >= 0.3 is 0 Å². The molecule has 2 aliphatic rings. The van der Waals surface area contributed by atoms with Gasteiger partial charge in [0.15, 0.2) is 0 Å². The standard InChI is InChI=1S/C24H31N3O3S/c1-16-11-13-27(14-12-16)15-21(28)26-24-22(17-7-3-6-10-20(17)31-24)23(29)25-18-8-4-5-9-19(18)30-2/h4-5,8-9,16H,3,6-7,10-15H2,1-2H3,(H,25,29)(H,26,28). The van der Waals surface area contributed by atoms with E-state index in [9.17, 15) is 9.59 Å². The fourth-order valence-corrected chi connectivity index (χ4v) is 5.72. The van der Waals surface area contributed by atoms with Crippen LogP contribution in [0.5, 0.6) is 5.75 Å².